The van der Waals surface area contributed by atoms with E-state index < -0.39 is 0 Å². The first-order valence-electron chi connectivity index (χ1n) is 11.4. The number of hydrogen-bond acceptors (Lipinski definition) is 4. The highest BCUT2D eigenvalue weighted by molar-refractivity contribution is 6.07. The fourth-order valence-electron chi connectivity index (χ4n) is 4.69. The first-order valence-corrected chi connectivity index (χ1v) is 11.4. The largest absolute Gasteiger partial charge is 0.337 e. The van der Waals surface area contributed by atoms with Crippen molar-refractivity contribution in [3.63, 3.8) is 0 Å². The Morgan fingerprint density at radius 2 is 1.78 bits per heavy atom. The van der Waals surface area contributed by atoms with Crippen molar-refractivity contribution in [2.45, 2.75) is 51.6 Å². The molecule has 0 unspecified atom stereocenters. The van der Waals surface area contributed by atoms with Crippen molar-refractivity contribution in [1.29, 1.82) is 0 Å². The van der Waals surface area contributed by atoms with Crippen LogP contribution in [-0.2, 0) is 6.54 Å². The molecule has 0 atom stereocenters. The first kappa shape index (κ1) is 20.4. The van der Waals surface area contributed by atoms with Crippen LogP contribution in [0.3, 0.4) is 0 Å². The van der Waals surface area contributed by atoms with E-state index >= 15 is 0 Å². The third-order valence-corrected chi connectivity index (χ3v) is 6.35. The molecule has 1 heterocycles. The summed E-state index contributed by atoms with van der Waals surface area (Å²) in [5, 5.41) is 6.23. The van der Waals surface area contributed by atoms with Crippen LogP contribution < -0.4 is 0 Å². The second kappa shape index (κ2) is 8.95. The summed E-state index contributed by atoms with van der Waals surface area (Å²) < 4.78 is 5.60. The molecular formula is C27H27N3O2. The van der Waals surface area contributed by atoms with E-state index in [1.807, 2.05) is 78.6 Å². The fraction of sp³-hybridized carbons (Fsp3) is 0.296. The molecule has 1 aliphatic rings. The first-order chi connectivity index (χ1) is 15.7. The van der Waals surface area contributed by atoms with E-state index in [1.54, 1.807) is 0 Å². The Morgan fingerprint density at radius 3 is 2.62 bits per heavy atom. The lowest BCUT2D eigenvalue weighted by Gasteiger charge is -2.33. The minimum atomic E-state index is 0.0315. The number of aromatic nitrogens is 2. The van der Waals surface area contributed by atoms with Crippen molar-refractivity contribution in [3.05, 3.63) is 83.7 Å². The number of fused-ring (bicyclic) bond motifs is 1. The van der Waals surface area contributed by atoms with Gasteiger partial charge in [0.1, 0.15) is 6.54 Å². The molecule has 0 spiro atoms. The third-order valence-electron chi connectivity index (χ3n) is 6.35. The van der Waals surface area contributed by atoms with Crippen molar-refractivity contribution in [2.75, 3.05) is 0 Å². The Morgan fingerprint density at radius 1 is 1.00 bits per heavy atom. The van der Waals surface area contributed by atoms with Crippen LogP contribution in [0.5, 0.6) is 0 Å². The van der Waals surface area contributed by atoms with Crippen LogP contribution in [0.15, 0.2) is 71.3 Å². The SMILES string of the molecule is Cc1cccc(-c2noc(CN(C(=O)c3cccc4ccccc34)C3CCCCC3)n2)c1. The van der Waals surface area contributed by atoms with Crippen LogP contribution in [0.1, 0.15) is 53.9 Å². The van der Waals surface area contributed by atoms with Gasteiger partial charge < -0.3 is 9.42 Å². The number of nitrogens with zero attached hydrogens (tertiary/aromatic N) is 3. The summed E-state index contributed by atoms with van der Waals surface area (Å²) >= 11 is 0. The predicted octanol–water partition coefficient (Wildman–Crippen LogP) is 6.17. The van der Waals surface area contributed by atoms with Crippen LogP contribution in [-0.4, -0.2) is 27.0 Å². The van der Waals surface area contributed by atoms with Gasteiger partial charge in [-0.25, -0.2) is 0 Å². The number of amides is 1. The van der Waals surface area contributed by atoms with Gasteiger partial charge in [-0.2, -0.15) is 4.98 Å². The normalized spacial score (nSPS) is 14.5. The average molecular weight is 426 g/mol. The zero-order chi connectivity index (χ0) is 21.9. The summed E-state index contributed by atoms with van der Waals surface area (Å²) in [4.78, 5) is 20.4. The highest BCUT2D eigenvalue weighted by Gasteiger charge is 2.29. The molecule has 5 heteroatoms. The molecule has 0 N–H and O–H groups in total. The van der Waals surface area contributed by atoms with E-state index in [9.17, 15) is 4.79 Å². The molecule has 1 aliphatic carbocycles. The Balaban J connectivity index is 1.47. The van der Waals surface area contributed by atoms with E-state index in [1.165, 1.54) is 6.42 Å². The standard InChI is InChI=1S/C27H27N3O2/c1-19-9-7-12-21(17-19)26-28-25(32-29-26)18-30(22-13-3-2-4-14-22)27(31)24-16-8-11-20-10-5-6-15-23(20)24/h5-12,15-17,22H,2-4,13-14,18H2,1H3. The molecule has 5 nitrogen and oxygen atoms in total. The molecule has 0 bridgehead atoms. The van der Waals surface area contributed by atoms with E-state index in [0.29, 0.717) is 18.3 Å². The molecule has 0 saturated heterocycles. The van der Waals surface area contributed by atoms with Gasteiger partial charge in [-0.15, -0.1) is 0 Å². The summed E-state index contributed by atoms with van der Waals surface area (Å²) in [5.74, 6) is 1.06. The lowest BCUT2D eigenvalue weighted by molar-refractivity contribution is 0.0588. The summed E-state index contributed by atoms with van der Waals surface area (Å²) in [6, 6.07) is 22.2. The number of carbonyl (C=O) groups excluding carboxylic acids is 1. The molecule has 1 amide bonds. The van der Waals surface area contributed by atoms with E-state index in [0.717, 1.165) is 53.1 Å². The molecule has 162 valence electrons. The van der Waals surface area contributed by atoms with E-state index in [-0.39, 0.29) is 11.9 Å². The van der Waals surface area contributed by atoms with Gasteiger partial charge in [0.25, 0.3) is 5.91 Å². The predicted molar refractivity (Wildman–Crippen MR) is 125 cm³/mol. The van der Waals surface area contributed by atoms with Gasteiger partial charge in [0.2, 0.25) is 11.7 Å². The van der Waals surface area contributed by atoms with Gasteiger partial charge in [0.15, 0.2) is 0 Å². The smallest absolute Gasteiger partial charge is 0.255 e. The number of carbonyl (C=O) groups is 1. The van der Waals surface area contributed by atoms with Crippen LogP contribution in [0, 0.1) is 6.92 Å². The average Bonchev–Trinajstić information content (AvgIpc) is 3.31. The summed E-state index contributed by atoms with van der Waals surface area (Å²) in [6.07, 6.45) is 5.53. The van der Waals surface area contributed by atoms with E-state index in [2.05, 4.69) is 10.1 Å². The zero-order valence-electron chi connectivity index (χ0n) is 18.3. The maximum absolute atomic E-state index is 13.8. The molecule has 1 aromatic heterocycles. The van der Waals surface area contributed by atoms with Crippen LogP contribution >= 0.6 is 0 Å². The zero-order valence-corrected chi connectivity index (χ0v) is 18.3. The van der Waals surface area contributed by atoms with Crippen LogP contribution in [0.2, 0.25) is 0 Å². The molecule has 1 fully saturated rings. The van der Waals surface area contributed by atoms with E-state index in [4.69, 9.17) is 4.52 Å². The van der Waals surface area contributed by atoms with Gasteiger partial charge in [-0.05, 0) is 42.7 Å². The molecular weight excluding hydrogens is 398 g/mol. The van der Waals surface area contributed by atoms with Crippen molar-refractivity contribution in [1.82, 2.24) is 15.0 Å². The summed E-state index contributed by atoms with van der Waals surface area (Å²) in [5.41, 5.74) is 2.79. The lowest BCUT2D eigenvalue weighted by atomic mass is 9.93. The fourth-order valence-corrected chi connectivity index (χ4v) is 4.69. The Bertz CT molecular complexity index is 1240. The van der Waals surface area contributed by atoms with Crippen LogP contribution in [0.4, 0.5) is 0 Å². The lowest BCUT2D eigenvalue weighted by Crippen LogP contribution is -2.41. The monoisotopic (exact) mass is 425 g/mol. The molecule has 1 saturated carbocycles. The van der Waals surface area contributed by atoms with Gasteiger partial charge in [0.05, 0.1) is 0 Å². The molecule has 0 radical (unpaired) electrons. The molecule has 32 heavy (non-hydrogen) atoms. The van der Waals surface area contributed by atoms with Crippen molar-refractivity contribution in [3.8, 4) is 11.4 Å². The second-order valence-electron chi connectivity index (χ2n) is 8.63. The highest BCUT2D eigenvalue weighted by Crippen LogP contribution is 2.28. The maximum Gasteiger partial charge on any atom is 0.255 e. The highest BCUT2D eigenvalue weighted by atomic mass is 16.5. The Labute approximate surface area is 188 Å². The Hall–Kier alpha value is -3.47. The minimum Gasteiger partial charge on any atom is -0.337 e. The van der Waals surface area contributed by atoms with Gasteiger partial charge in [0, 0.05) is 17.2 Å². The van der Waals surface area contributed by atoms with Crippen molar-refractivity contribution >= 4 is 16.7 Å². The Kier molecular flexibility index (Phi) is 5.71. The quantitative estimate of drug-likeness (QED) is 0.383. The third kappa shape index (κ3) is 4.15. The molecule has 0 aliphatic heterocycles. The molecule has 3 aromatic carbocycles. The second-order valence-corrected chi connectivity index (χ2v) is 8.63. The van der Waals surface area contributed by atoms with Gasteiger partial charge in [-0.1, -0.05) is 84.6 Å². The number of benzene rings is 3. The summed E-state index contributed by atoms with van der Waals surface area (Å²) in [7, 11) is 0. The van der Waals surface area contributed by atoms with Crippen molar-refractivity contribution < 1.29 is 9.32 Å². The van der Waals surface area contributed by atoms with Crippen LogP contribution in [0.25, 0.3) is 22.2 Å². The van der Waals surface area contributed by atoms with Crippen molar-refractivity contribution in [2.24, 2.45) is 0 Å². The number of aryl methyl sites for hydroxylation is 1. The molecule has 4 aromatic rings. The number of rotatable bonds is 5. The summed E-state index contributed by atoms with van der Waals surface area (Å²) in [6.45, 7) is 2.36. The molecule has 5 rings (SSSR count). The maximum atomic E-state index is 13.8. The van der Waals surface area contributed by atoms with Gasteiger partial charge in [-0.3, -0.25) is 4.79 Å². The topological polar surface area (TPSA) is 59.2 Å². The minimum absolute atomic E-state index is 0.0315. The number of hydrogen-bond donors (Lipinski definition) is 0. The van der Waals surface area contributed by atoms with Gasteiger partial charge >= 0.3 is 0 Å².